The number of fused-ring (bicyclic) bond motifs is 2. The molecule has 1 aromatic carbocycles. The molecular weight excluding hydrogens is 336 g/mol. The summed E-state index contributed by atoms with van der Waals surface area (Å²) in [6.07, 6.45) is 6.31. The fraction of sp³-hybridized carbons (Fsp3) is 0.474. The van der Waals surface area contributed by atoms with Crippen LogP contribution in [0, 0.1) is 6.92 Å². The molecule has 25 heavy (non-hydrogen) atoms. The lowest BCUT2D eigenvalue weighted by Gasteiger charge is -2.35. The van der Waals surface area contributed by atoms with Crippen molar-refractivity contribution in [2.24, 2.45) is 0 Å². The van der Waals surface area contributed by atoms with E-state index < -0.39 is 0 Å². The highest BCUT2D eigenvalue weighted by Crippen LogP contribution is 2.30. The van der Waals surface area contributed by atoms with Crippen molar-refractivity contribution >= 4 is 18.3 Å². The zero-order chi connectivity index (χ0) is 16.7. The van der Waals surface area contributed by atoms with Crippen molar-refractivity contribution in [2.45, 2.75) is 50.7 Å². The molecule has 2 fully saturated rings. The van der Waals surface area contributed by atoms with E-state index in [1.807, 2.05) is 53.9 Å². The molecule has 2 atom stereocenters. The average Bonchev–Trinajstić information content (AvgIpc) is 3.16. The molecule has 5 nitrogen and oxygen atoms in total. The van der Waals surface area contributed by atoms with Crippen LogP contribution in [0.15, 0.2) is 36.5 Å². The molecule has 2 aliphatic heterocycles. The van der Waals surface area contributed by atoms with Gasteiger partial charge in [-0.3, -0.25) is 4.79 Å². The van der Waals surface area contributed by atoms with Gasteiger partial charge in [0, 0.05) is 25.2 Å². The highest BCUT2D eigenvalue weighted by Gasteiger charge is 2.37. The number of halogens is 1. The number of amides is 1. The SMILES string of the molecule is Cc1c(C(=O)N(C)C2CC3CCC(C2)N3)cnn1-c1ccccc1.Cl. The molecule has 2 unspecified atom stereocenters. The van der Waals surface area contributed by atoms with E-state index in [1.54, 1.807) is 6.20 Å². The van der Waals surface area contributed by atoms with Gasteiger partial charge in [0.05, 0.1) is 23.1 Å². The number of aromatic nitrogens is 2. The van der Waals surface area contributed by atoms with Crippen LogP contribution in [0.3, 0.4) is 0 Å². The summed E-state index contributed by atoms with van der Waals surface area (Å²) in [7, 11) is 1.94. The lowest BCUT2D eigenvalue weighted by Crippen LogP contribution is -2.48. The lowest BCUT2D eigenvalue weighted by molar-refractivity contribution is 0.0681. The maximum absolute atomic E-state index is 13.0. The van der Waals surface area contributed by atoms with Gasteiger partial charge in [-0.1, -0.05) is 18.2 Å². The molecule has 3 heterocycles. The molecule has 1 N–H and O–H groups in total. The fourth-order valence-electron chi connectivity index (χ4n) is 4.15. The molecule has 0 spiro atoms. The summed E-state index contributed by atoms with van der Waals surface area (Å²) in [5, 5.41) is 8.07. The van der Waals surface area contributed by atoms with Gasteiger partial charge < -0.3 is 10.2 Å². The predicted octanol–water partition coefficient (Wildman–Crippen LogP) is 2.96. The Kier molecular flexibility index (Phi) is 5.16. The maximum atomic E-state index is 13.0. The topological polar surface area (TPSA) is 50.2 Å². The first-order valence-corrected chi connectivity index (χ1v) is 8.76. The van der Waals surface area contributed by atoms with Gasteiger partial charge in [-0.05, 0) is 44.7 Å². The first-order chi connectivity index (χ1) is 11.6. The molecule has 0 radical (unpaired) electrons. The van der Waals surface area contributed by atoms with Gasteiger partial charge in [-0.15, -0.1) is 12.4 Å². The van der Waals surface area contributed by atoms with E-state index in [-0.39, 0.29) is 18.3 Å². The van der Waals surface area contributed by atoms with Crippen LogP contribution in [0.4, 0.5) is 0 Å². The number of hydrogen-bond donors (Lipinski definition) is 1. The number of nitrogens with zero attached hydrogens (tertiary/aromatic N) is 3. The van der Waals surface area contributed by atoms with Crippen LogP contribution in [0.2, 0.25) is 0 Å². The van der Waals surface area contributed by atoms with Gasteiger partial charge in [0.15, 0.2) is 0 Å². The van der Waals surface area contributed by atoms with E-state index in [1.165, 1.54) is 12.8 Å². The molecule has 1 aromatic heterocycles. The Bertz CT molecular complexity index is 733. The van der Waals surface area contributed by atoms with Crippen molar-refractivity contribution < 1.29 is 4.79 Å². The number of para-hydroxylation sites is 1. The molecule has 2 saturated heterocycles. The van der Waals surface area contributed by atoms with Gasteiger partial charge in [-0.25, -0.2) is 4.68 Å². The lowest BCUT2D eigenvalue weighted by atomic mass is 9.98. The van der Waals surface area contributed by atoms with Crippen LogP contribution in [0.1, 0.15) is 41.7 Å². The Hall–Kier alpha value is -1.85. The number of piperidine rings is 1. The maximum Gasteiger partial charge on any atom is 0.257 e. The van der Waals surface area contributed by atoms with E-state index in [2.05, 4.69) is 10.4 Å². The third kappa shape index (κ3) is 3.31. The summed E-state index contributed by atoms with van der Waals surface area (Å²) in [6, 6.07) is 11.4. The van der Waals surface area contributed by atoms with Gasteiger partial charge >= 0.3 is 0 Å². The van der Waals surface area contributed by atoms with Crippen LogP contribution < -0.4 is 5.32 Å². The van der Waals surface area contributed by atoms with Crippen molar-refractivity contribution in [3.8, 4) is 5.69 Å². The first-order valence-electron chi connectivity index (χ1n) is 8.76. The molecular formula is C19H25ClN4O. The zero-order valence-corrected chi connectivity index (χ0v) is 15.5. The molecule has 2 bridgehead atoms. The molecule has 0 saturated carbocycles. The fourth-order valence-corrected chi connectivity index (χ4v) is 4.15. The van der Waals surface area contributed by atoms with E-state index in [0.717, 1.165) is 24.2 Å². The van der Waals surface area contributed by atoms with Crippen LogP contribution in [-0.4, -0.2) is 45.8 Å². The van der Waals surface area contributed by atoms with Crippen molar-refractivity contribution in [2.75, 3.05) is 7.05 Å². The number of carbonyl (C=O) groups is 1. The molecule has 1 amide bonds. The average molecular weight is 361 g/mol. The Labute approximate surface area is 154 Å². The second kappa shape index (κ2) is 7.18. The standard InChI is InChI=1S/C19H24N4O.ClH/c1-13-18(12-20-23(13)16-6-4-3-5-7-16)19(24)22(2)17-10-14-8-9-15(11-17)21-14;/h3-7,12,14-15,17,21H,8-11H2,1-2H3;1H. The molecule has 134 valence electrons. The molecule has 0 aliphatic carbocycles. The molecule has 6 heteroatoms. The minimum absolute atomic E-state index is 0. The molecule has 4 rings (SSSR count). The summed E-state index contributed by atoms with van der Waals surface area (Å²) in [5.41, 5.74) is 2.58. The Morgan fingerprint density at radius 3 is 2.48 bits per heavy atom. The highest BCUT2D eigenvalue weighted by molar-refractivity contribution is 5.95. The van der Waals surface area contributed by atoms with Gasteiger partial charge in [0.1, 0.15) is 0 Å². The smallest absolute Gasteiger partial charge is 0.257 e. The number of rotatable bonds is 3. The Morgan fingerprint density at radius 2 is 1.84 bits per heavy atom. The van der Waals surface area contributed by atoms with Crippen LogP contribution in [0.5, 0.6) is 0 Å². The van der Waals surface area contributed by atoms with Crippen LogP contribution in [0.25, 0.3) is 5.69 Å². The third-order valence-corrected chi connectivity index (χ3v) is 5.56. The van der Waals surface area contributed by atoms with Crippen molar-refractivity contribution in [3.63, 3.8) is 0 Å². The highest BCUT2D eigenvalue weighted by atomic mass is 35.5. The number of benzene rings is 1. The summed E-state index contributed by atoms with van der Waals surface area (Å²) in [5.74, 6) is 0.0842. The van der Waals surface area contributed by atoms with Crippen molar-refractivity contribution in [1.29, 1.82) is 0 Å². The zero-order valence-electron chi connectivity index (χ0n) is 14.7. The van der Waals surface area contributed by atoms with Crippen LogP contribution >= 0.6 is 12.4 Å². The van der Waals surface area contributed by atoms with Gasteiger partial charge in [0.2, 0.25) is 0 Å². The minimum atomic E-state index is 0. The quantitative estimate of drug-likeness (QED) is 0.915. The summed E-state index contributed by atoms with van der Waals surface area (Å²) < 4.78 is 1.84. The van der Waals surface area contributed by atoms with E-state index in [0.29, 0.717) is 23.7 Å². The molecule has 2 aromatic rings. The number of carbonyl (C=O) groups excluding carboxylic acids is 1. The second-order valence-corrected chi connectivity index (χ2v) is 7.07. The number of hydrogen-bond acceptors (Lipinski definition) is 3. The van der Waals surface area contributed by atoms with Crippen LogP contribution in [-0.2, 0) is 0 Å². The Morgan fingerprint density at radius 1 is 1.20 bits per heavy atom. The van der Waals surface area contributed by atoms with E-state index in [4.69, 9.17) is 0 Å². The monoisotopic (exact) mass is 360 g/mol. The van der Waals surface area contributed by atoms with Crippen molar-refractivity contribution in [3.05, 3.63) is 47.8 Å². The first kappa shape index (κ1) is 18.0. The minimum Gasteiger partial charge on any atom is -0.338 e. The third-order valence-electron chi connectivity index (χ3n) is 5.56. The normalized spacial score (nSPS) is 24.6. The van der Waals surface area contributed by atoms with E-state index >= 15 is 0 Å². The number of nitrogens with one attached hydrogen (secondary N) is 1. The van der Waals surface area contributed by atoms with Gasteiger partial charge in [0.25, 0.3) is 5.91 Å². The summed E-state index contributed by atoms with van der Waals surface area (Å²) in [4.78, 5) is 14.9. The predicted molar refractivity (Wildman–Crippen MR) is 101 cm³/mol. The van der Waals surface area contributed by atoms with Gasteiger partial charge in [-0.2, -0.15) is 5.10 Å². The largest absolute Gasteiger partial charge is 0.338 e. The summed E-state index contributed by atoms with van der Waals surface area (Å²) >= 11 is 0. The van der Waals surface area contributed by atoms with Crippen molar-refractivity contribution in [1.82, 2.24) is 20.0 Å². The molecule has 2 aliphatic rings. The van der Waals surface area contributed by atoms with E-state index in [9.17, 15) is 4.79 Å². The summed E-state index contributed by atoms with van der Waals surface area (Å²) in [6.45, 7) is 1.97. The second-order valence-electron chi connectivity index (χ2n) is 7.07. The Balaban J connectivity index is 0.00000182.